The zero-order valence-corrected chi connectivity index (χ0v) is 17.9. The highest BCUT2D eigenvalue weighted by Crippen LogP contribution is 2.40. The summed E-state index contributed by atoms with van der Waals surface area (Å²) in [6, 6.07) is 18.4. The van der Waals surface area contributed by atoms with Crippen molar-refractivity contribution in [3.8, 4) is 0 Å². The molecular weight excluding hydrogens is 378 g/mol. The van der Waals surface area contributed by atoms with E-state index in [2.05, 4.69) is 65.0 Å². The Labute approximate surface area is 176 Å². The molecule has 0 saturated heterocycles. The molecule has 0 spiro atoms. The summed E-state index contributed by atoms with van der Waals surface area (Å²) in [4.78, 5) is 12.7. The van der Waals surface area contributed by atoms with Crippen LogP contribution in [0, 0.1) is 0 Å². The van der Waals surface area contributed by atoms with Gasteiger partial charge in [-0.25, -0.2) is 0 Å². The van der Waals surface area contributed by atoms with Gasteiger partial charge in [-0.3, -0.25) is 4.79 Å². The number of rotatable bonds is 9. The normalized spacial score (nSPS) is 14.7. The molecule has 0 aliphatic heterocycles. The molecule has 1 atom stereocenters. The van der Waals surface area contributed by atoms with Crippen molar-refractivity contribution < 1.29 is 4.79 Å². The van der Waals surface area contributed by atoms with E-state index in [0.717, 1.165) is 29.5 Å². The molecule has 1 unspecified atom stereocenters. The van der Waals surface area contributed by atoms with E-state index in [1.165, 1.54) is 35.7 Å². The van der Waals surface area contributed by atoms with Gasteiger partial charge in [-0.05, 0) is 36.3 Å². The lowest BCUT2D eigenvalue weighted by molar-refractivity contribution is 0.102. The fourth-order valence-corrected chi connectivity index (χ4v) is 4.25. The third-order valence-corrected chi connectivity index (χ3v) is 6.58. The van der Waals surface area contributed by atoms with Gasteiger partial charge in [0.15, 0.2) is 10.9 Å². The van der Waals surface area contributed by atoms with Crippen molar-refractivity contribution in [1.82, 2.24) is 14.8 Å². The van der Waals surface area contributed by atoms with Crippen molar-refractivity contribution in [2.45, 2.75) is 56.6 Å². The highest BCUT2D eigenvalue weighted by Gasteiger charge is 2.30. The third kappa shape index (κ3) is 4.78. The van der Waals surface area contributed by atoms with E-state index in [0.29, 0.717) is 17.6 Å². The first-order valence-electron chi connectivity index (χ1n) is 10.4. The molecule has 0 radical (unpaired) electrons. The Morgan fingerprint density at radius 2 is 1.83 bits per heavy atom. The molecule has 4 rings (SSSR count). The van der Waals surface area contributed by atoms with Gasteiger partial charge in [0, 0.05) is 11.5 Å². The molecule has 2 aromatic carbocycles. The summed E-state index contributed by atoms with van der Waals surface area (Å²) in [5, 5.41) is 9.69. The smallest absolute Gasteiger partial charge is 0.191 e. The van der Waals surface area contributed by atoms with Crippen LogP contribution in [0.25, 0.3) is 0 Å². The Bertz CT molecular complexity index is 962. The number of Topliss-reactive ketones (excluding diaryl/α,β-unsaturated/α-hetero) is 1. The van der Waals surface area contributed by atoms with E-state index in [1.54, 1.807) is 0 Å². The van der Waals surface area contributed by atoms with Crippen LogP contribution in [0.4, 0.5) is 0 Å². The molecule has 1 aliphatic carbocycles. The molecule has 1 aromatic heterocycles. The van der Waals surface area contributed by atoms with Gasteiger partial charge in [0.1, 0.15) is 5.82 Å². The predicted molar refractivity (Wildman–Crippen MR) is 118 cm³/mol. The number of carbonyl (C=O) groups excluding carboxylic acids is 1. The first-order chi connectivity index (χ1) is 14.2. The van der Waals surface area contributed by atoms with Crippen LogP contribution in [0.2, 0.25) is 0 Å². The average molecular weight is 406 g/mol. The van der Waals surface area contributed by atoms with Crippen LogP contribution in [-0.4, -0.2) is 26.3 Å². The highest BCUT2D eigenvalue weighted by atomic mass is 32.2. The number of hydrogen-bond acceptors (Lipinski definition) is 4. The molecule has 0 bridgehead atoms. The lowest BCUT2D eigenvalue weighted by Gasteiger charge is -2.11. The van der Waals surface area contributed by atoms with Gasteiger partial charge in [-0.2, -0.15) is 0 Å². The summed E-state index contributed by atoms with van der Waals surface area (Å²) in [5.41, 5.74) is 3.28. The number of ketones is 1. The second-order valence-corrected chi connectivity index (χ2v) is 8.77. The highest BCUT2D eigenvalue weighted by molar-refractivity contribution is 7.99. The first kappa shape index (κ1) is 19.9. The third-order valence-electron chi connectivity index (χ3n) is 5.62. The van der Waals surface area contributed by atoms with Crippen LogP contribution >= 0.6 is 11.8 Å². The van der Waals surface area contributed by atoms with Crippen molar-refractivity contribution >= 4 is 17.5 Å². The minimum absolute atomic E-state index is 0.132. The van der Waals surface area contributed by atoms with Crippen LogP contribution in [0.5, 0.6) is 0 Å². The lowest BCUT2D eigenvalue weighted by Crippen LogP contribution is -2.08. The molecule has 1 saturated carbocycles. The van der Waals surface area contributed by atoms with E-state index in [9.17, 15) is 4.79 Å². The van der Waals surface area contributed by atoms with E-state index in [1.807, 2.05) is 18.2 Å². The minimum Gasteiger partial charge on any atom is -0.301 e. The van der Waals surface area contributed by atoms with Gasteiger partial charge in [0.2, 0.25) is 0 Å². The number of nitrogens with zero attached hydrogens (tertiary/aromatic N) is 3. The summed E-state index contributed by atoms with van der Waals surface area (Å²) in [5.74, 6) is 2.60. The summed E-state index contributed by atoms with van der Waals surface area (Å²) in [6.07, 6.45) is 3.46. The van der Waals surface area contributed by atoms with Gasteiger partial charge in [0.25, 0.3) is 0 Å². The molecule has 3 aromatic rings. The number of aromatic nitrogens is 3. The van der Waals surface area contributed by atoms with Crippen LogP contribution in [0.3, 0.4) is 0 Å². The predicted octanol–water partition coefficient (Wildman–Crippen LogP) is 5.69. The maximum absolute atomic E-state index is 12.7. The molecule has 1 aliphatic rings. The molecule has 1 heterocycles. The van der Waals surface area contributed by atoms with Crippen molar-refractivity contribution in [2.24, 2.45) is 0 Å². The maximum Gasteiger partial charge on any atom is 0.191 e. The van der Waals surface area contributed by atoms with Crippen LogP contribution in [0.1, 0.15) is 72.3 Å². The largest absolute Gasteiger partial charge is 0.301 e. The monoisotopic (exact) mass is 405 g/mol. The van der Waals surface area contributed by atoms with Crippen molar-refractivity contribution in [2.75, 3.05) is 5.75 Å². The number of hydrogen-bond donors (Lipinski definition) is 0. The fraction of sp³-hybridized carbons (Fsp3) is 0.375. The molecule has 29 heavy (non-hydrogen) atoms. The second-order valence-electron chi connectivity index (χ2n) is 7.83. The van der Waals surface area contributed by atoms with Crippen LogP contribution in [0.15, 0.2) is 59.8 Å². The van der Waals surface area contributed by atoms with Crippen LogP contribution < -0.4 is 0 Å². The zero-order chi connectivity index (χ0) is 20.2. The number of thioether (sulfide) groups is 1. The molecular formula is C24H27N3OS. The van der Waals surface area contributed by atoms with Gasteiger partial charge in [0.05, 0.1) is 12.3 Å². The Hall–Kier alpha value is -2.40. The standard InChI is InChI=1S/C24H27N3OS/c1-3-17(2)19-9-11-20(12-10-19)22(28)16-29-24-26-25-23(21-13-14-21)27(24)15-18-7-5-4-6-8-18/h4-12,17,21H,3,13-16H2,1-2H3. The Kier molecular flexibility index (Phi) is 6.14. The average Bonchev–Trinajstić information content (AvgIpc) is 3.54. The second kappa shape index (κ2) is 8.95. The summed E-state index contributed by atoms with van der Waals surface area (Å²) in [6.45, 7) is 5.14. The lowest BCUT2D eigenvalue weighted by atomic mass is 9.97. The number of benzene rings is 2. The SMILES string of the molecule is CCC(C)c1ccc(C(=O)CSc2nnc(C3CC3)n2Cc2ccccc2)cc1. The first-order valence-corrected chi connectivity index (χ1v) is 11.4. The molecule has 4 nitrogen and oxygen atoms in total. The van der Waals surface area contributed by atoms with Gasteiger partial charge >= 0.3 is 0 Å². The van der Waals surface area contributed by atoms with Crippen molar-refractivity contribution in [3.05, 3.63) is 77.1 Å². The fourth-order valence-electron chi connectivity index (χ4n) is 3.41. The molecule has 150 valence electrons. The Balaban J connectivity index is 1.46. The maximum atomic E-state index is 12.7. The Morgan fingerprint density at radius 1 is 1.10 bits per heavy atom. The van der Waals surface area contributed by atoms with Gasteiger partial charge in [-0.1, -0.05) is 80.2 Å². The summed E-state index contributed by atoms with van der Waals surface area (Å²) in [7, 11) is 0. The van der Waals surface area contributed by atoms with Crippen LogP contribution in [-0.2, 0) is 6.54 Å². The Morgan fingerprint density at radius 3 is 2.48 bits per heavy atom. The van der Waals surface area contributed by atoms with E-state index < -0.39 is 0 Å². The molecule has 5 heteroatoms. The van der Waals surface area contributed by atoms with E-state index >= 15 is 0 Å². The summed E-state index contributed by atoms with van der Waals surface area (Å²) < 4.78 is 2.19. The van der Waals surface area contributed by atoms with E-state index in [-0.39, 0.29) is 5.78 Å². The molecule has 0 amide bonds. The van der Waals surface area contributed by atoms with Gasteiger partial charge in [-0.15, -0.1) is 10.2 Å². The molecule has 1 fully saturated rings. The molecule has 0 N–H and O–H groups in total. The minimum atomic E-state index is 0.132. The van der Waals surface area contributed by atoms with Gasteiger partial charge < -0.3 is 4.57 Å². The summed E-state index contributed by atoms with van der Waals surface area (Å²) >= 11 is 1.49. The van der Waals surface area contributed by atoms with E-state index in [4.69, 9.17) is 0 Å². The van der Waals surface area contributed by atoms with Crippen molar-refractivity contribution in [3.63, 3.8) is 0 Å². The topological polar surface area (TPSA) is 47.8 Å². The number of carbonyl (C=O) groups is 1. The quantitative estimate of drug-likeness (QED) is 0.339. The van der Waals surface area contributed by atoms with Crippen molar-refractivity contribution in [1.29, 1.82) is 0 Å². The zero-order valence-electron chi connectivity index (χ0n) is 17.0.